The van der Waals surface area contributed by atoms with Gasteiger partial charge in [-0.15, -0.1) is 10.2 Å². The monoisotopic (exact) mass is 443 g/mol. The van der Waals surface area contributed by atoms with Gasteiger partial charge in [-0.3, -0.25) is 9.36 Å². The summed E-state index contributed by atoms with van der Waals surface area (Å²) in [5.74, 6) is 0.892. The van der Waals surface area contributed by atoms with Crippen LogP contribution in [0.4, 0.5) is 11.4 Å². The second-order valence-electron chi connectivity index (χ2n) is 7.57. The number of anilines is 2. The topological polar surface area (TPSA) is 63.1 Å². The number of aryl methyl sites for hydroxylation is 1. The van der Waals surface area contributed by atoms with Crippen LogP contribution in [0.15, 0.2) is 84.0 Å². The fourth-order valence-corrected chi connectivity index (χ4v) is 4.08. The summed E-state index contributed by atoms with van der Waals surface area (Å²) in [7, 11) is 3.99. The lowest BCUT2D eigenvalue weighted by atomic mass is 10.1. The molecule has 3 aromatic carbocycles. The largest absolute Gasteiger partial charge is 0.378 e. The van der Waals surface area contributed by atoms with Gasteiger partial charge >= 0.3 is 0 Å². The molecule has 1 amide bonds. The number of hydrogen-bond acceptors (Lipinski definition) is 5. The highest BCUT2D eigenvalue weighted by molar-refractivity contribution is 7.99. The lowest BCUT2D eigenvalue weighted by Gasteiger charge is -2.15. The van der Waals surface area contributed by atoms with Crippen molar-refractivity contribution in [2.45, 2.75) is 12.1 Å². The third-order valence-corrected chi connectivity index (χ3v) is 5.94. The first-order valence-corrected chi connectivity index (χ1v) is 11.3. The average Bonchev–Trinajstić information content (AvgIpc) is 3.24. The fourth-order valence-electron chi connectivity index (χ4n) is 3.33. The number of rotatable bonds is 7. The van der Waals surface area contributed by atoms with E-state index in [2.05, 4.69) is 21.6 Å². The zero-order chi connectivity index (χ0) is 22.5. The van der Waals surface area contributed by atoms with Gasteiger partial charge < -0.3 is 10.2 Å². The number of hydrogen-bond donors (Lipinski definition) is 1. The molecule has 0 atom stereocenters. The summed E-state index contributed by atoms with van der Waals surface area (Å²) in [6.45, 7) is 1.99. The van der Waals surface area contributed by atoms with Crippen molar-refractivity contribution in [1.29, 1.82) is 0 Å². The van der Waals surface area contributed by atoms with Gasteiger partial charge in [-0.2, -0.15) is 0 Å². The van der Waals surface area contributed by atoms with E-state index in [0.29, 0.717) is 5.16 Å². The molecule has 0 bridgehead atoms. The third-order valence-electron chi connectivity index (χ3n) is 5.01. The Morgan fingerprint density at radius 3 is 2.31 bits per heavy atom. The molecular formula is C25H25N5OS. The summed E-state index contributed by atoms with van der Waals surface area (Å²) >= 11 is 1.37. The SMILES string of the molecule is Cc1cc(N(C)C)ccc1NC(=O)CSc1nnc(-c2ccccc2)n1-c1ccccc1. The summed E-state index contributed by atoms with van der Waals surface area (Å²) in [6, 6.07) is 25.9. The Balaban J connectivity index is 1.54. The van der Waals surface area contributed by atoms with E-state index in [0.717, 1.165) is 34.0 Å². The molecule has 0 radical (unpaired) electrons. The summed E-state index contributed by atoms with van der Waals surface area (Å²) in [4.78, 5) is 14.7. The van der Waals surface area contributed by atoms with Gasteiger partial charge in [-0.25, -0.2) is 0 Å². The maximum Gasteiger partial charge on any atom is 0.234 e. The molecule has 1 N–H and O–H groups in total. The van der Waals surface area contributed by atoms with Gasteiger partial charge in [-0.05, 0) is 42.8 Å². The molecule has 4 aromatic rings. The van der Waals surface area contributed by atoms with E-state index in [1.807, 2.05) is 103 Å². The van der Waals surface area contributed by atoms with Crippen molar-refractivity contribution in [3.05, 3.63) is 84.4 Å². The molecule has 6 nitrogen and oxygen atoms in total. The highest BCUT2D eigenvalue weighted by Gasteiger charge is 2.17. The Labute approximate surface area is 192 Å². The first kappa shape index (κ1) is 21.6. The molecule has 32 heavy (non-hydrogen) atoms. The van der Waals surface area contributed by atoms with Crippen molar-refractivity contribution in [1.82, 2.24) is 14.8 Å². The molecular weight excluding hydrogens is 418 g/mol. The van der Waals surface area contributed by atoms with Crippen LogP contribution in [0.25, 0.3) is 17.1 Å². The van der Waals surface area contributed by atoms with Gasteiger partial charge in [0, 0.05) is 36.7 Å². The van der Waals surface area contributed by atoms with Crippen molar-refractivity contribution >= 4 is 29.0 Å². The minimum absolute atomic E-state index is 0.0837. The Morgan fingerprint density at radius 1 is 0.969 bits per heavy atom. The van der Waals surface area contributed by atoms with E-state index in [1.165, 1.54) is 11.8 Å². The number of aromatic nitrogens is 3. The summed E-state index contributed by atoms with van der Waals surface area (Å²) in [5.41, 5.74) is 4.86. The predicted molar refractivity (Wildman–Crippen MR) is 132 cm³/mol. The third kappa shape index (κ3) is 4.84. The van der Waals surface area contributed by atoms with Crippen molar-refractivity contribution in [2.24, 2.45) is 0 Å². The summed E-state index contributed by atoms with van der Waals surface area (Å²) < 4.78 is 1.99. The van der Waals surface area contributed by atoms with E-state index in [-0.39, 0.29) is 11.7 Å². The smallest absolute Gasteiger partial charge is 0.234 e. The lowest BCUT2D eigenvalue weighted by molar-refractivity contribution is -0.113. The highest BCUT2D eigenvalue weighted by Crippen LogP contribution is 2.28. The van der Waals surface area contributed by atoms with Crippen LogP contribution >= 0.6 is 11.8 Å². The predicted octanol–water partition coefficient (Wildman–Crippen LogP) is 5.04. The molecule has 162 valence electrons. The Morgan fingerprint density at radius 2 is 1.66 bits per heavy atom. The van der Waals surface area contributed by atoms with Gasteiger partial charge in [0.25, 0.3) is 0 Å². The van der Waals surface area contributed by atoms with Crippen LogP contribution in [0, 0.1) is 6.92 Å². The first-order valence-electron chi connectivity index (χ1n) is 10.3. The summed E-state index contributed by atoms with van der Waals surface area (Å²) in [6.07, 6.45) is 0. The average molecular weight is 444 g/mol. The van der Waals surface area contributed by atoms with Crippen LogP contribution in [-0.2, 0) is 4.79 Å². The molecule has 0 unspecified atom stereocenters. The van der Waals surface area contributed by atoms with Crippen LogP contribution in [-0.4, -0.2) is 40.5 Å². The number of carbonyl (C=O) groups is 1. The van der Waals surface area contributed by atoms with E-state index < -0.39 is 0 Å². The molecule has 0 aliphatic heterocycles. The molecule has 0 spiro atoms. The standard InChI is InChI=1S/C25H25N5OS/c1-18-16-21(29(2)3)14-15-22(18)26-23(31)17-32-25-28-27-24(19-10-6-4-7-11-19)30(25)20-12-8-5-9-13-20/h4-16H,17H2,1-3H3,(H,26,31). The number of carbonyl (C=O) groups excluding carboxylic acids is 1. The van der Waals surface area contributed by atoms with Gasteiger partial charge in [-0.1, -0.05) is 60.3 Å². The van der Waals surface area contributed by atoms with Gasteiger partial charge in [0.05, 0.1) is 5.75 Å². The van der Waals surface area contributed by atoms with Crippen LogP contribution in [0.1, 0.15) is 5.56 Å². The quantitative estimate of drug-likeness (QED) is 0.406. The van der Waals surface area contributed by atoms with E-state index in [4.69, 9.17) is 0 Å². The van der Waals surface area contributed by atoms with E-state index in [1.54, 1.807) is 0 Å². The molecule has 0 saturated carbocycles. The lowest BCUT2D eigenvalue weighted by Crippen LogP contribution is -2.16. The second kappa shape index (κ2) is 9.70. The highest BCUT2D eigenvalue weighted by atomic mass is 32.2. The fraction of sp³-hybridized carbons (Fsp3) is 0.160. The number of nitrogens with zero attached hydrogens (tertiary/aromatic N) is 4. The van der Waals surface area contributed by atoms with Crippen molar-refractivity contribution < 1.29 is 4.79 Å². The molecule has 0 aliphatic carbocycles. The van der Waals surface area contributed by atoms with Crippen molar-refractivity contribution in [2.75, 3.05) is 30.1 Å². The number of nitrogens with one attached hydrogen (secondary N) is 1. The van der Waals surface area contributed by atoms with Gasteiger partial charge in [0.2, 0.25) is 5.91 Å². The van der Waals surface area contributed by atoms with Crippen LogP contribution in [0.5, 0.6) is 0 Å². The van der Waals surface area contributed by atoms with E-state index >= 15 is 0 Å². The zero-order valence-electron chi connectivity index (χ0n) is 18.3. The molecule has 7 heteroatoms. The van der Waals surface area contributed by atoms with Gasteiger partial charge in [0.1, 0.15) is 0 Å². The van der Waals surface area contributed by atoms with E-state index in [9.17, 15) is 4.79 Å². The minimum atomic E-state index is -0.0837. The number of thioether (sulfide) groups is 1. The Kier molecular flexibility index (Phi) is 6.56. The zero-order valence-corrected chi connectivity index (χ0v) is 19.1. The number of amides is 1. The van der Waals surface area contributed by atoms with Crippen LogP contribution < -0.4 is 10.2 Å². The molecule has 1 heterocycles. The van der Waals surface area contributed by atoms with Crippen molar-refractivity contribution in [3.63, 3.8) is 0 Å². The minimum Gasteiger partial charge on any atom is -0.378 e. The molecule has 1 aromatic heterocycles. The second-order valence-corrected chi connectivity index (χ2v) is 8.52. The maximum atomic E-state index is 12.7. The van der Waals surface area contributed by atoms with Gasteiger partial charge in [0.15, 0.2) is 11.0 Å². The Hall–Kier alpha value is -3.58. The van der Waals surface area contributed by atoms with Crippen LogP contribution in [0.3, 0.4) is 0 Å². The normalized spacial score (nSPS) is 10.7. The Bertz CT molecular complexity index is 1210. The molecule has 4 rings (SSSR count). The molecule has 0 aliphatic rings. The number of benzene rings is 3. The first-order chi connectivity index (χ1) is 15.5. The molecule has 0 fully saturated rings. The maximum absolute atomic E-state index is 12.7. The molecule has 0 saturated heterocycles. The number of para-hydroxylation sites is 1. The van der Waals surface area contributed by atoms with Crippen LogP contribution in [0.2, 0.25) is 0 Å². The summed E-state index contributed by atoms with van der Waals surface area (Å²) in [5, 5.41) is 12.5. The van der Waals surface area contributed by atoms with Crippen molar-refractivity contribution in [3.8, 4) is 17.1 Å².